The van der Waals surface area contributed by atoms with Crippen molar-refractivity contribution < 1.29 is 4.79 Å². The van der Waals surface area contributed by atoms with Crippen LogP contribution < -0.4 is 10.6 Å². The van der Waals surface area contributed by atoms with Gasteiger partial charge in [0.1, 0.15) is 0 Å². The smallest absolute Gasteiger partial charge is 0.257 e. The van der Waals surface area contributed by atoms with E-state index in [0.29, 0.717) is 10.7 Å². The lowest BCUT2D eigenvalue weighted by Gasteiger charge is -2.21. The summed E-state index contributed by atoms with van der Waals surface area (Å²) in [5.41, 5.74) is 1.90. The first-order valence-corrected chi connectivity index (χ1v) is 10.0. The molecule has 1 unspecified atom stereocenters. The van der Waals surface area contributed by atoms with Gasteiger partial charge in [-0.25, -0.2) is 0 Å². The van der Waals surface area contributed by atoms with E-state index in [0.717, 1.165) is 32.5 Å². The molecule has 1 aromatic rings. The Morgan fingerprint density at radius 1 is 1.15 bits per heavy atom. The van der Waals surface area contributed by atoms with Crippen LogP contribution in [0, 0.1) is 0 Å². The molecule has 2 N–H and O–H groups in total. The van der Waals surface area contributed by atoms with Crippen LogP contribution in [-0.2, 0) is 5.41 Å². The molecular weight excluding hydrogens is 342 g/mol. The van der Waals surface area contributed by atoms with E-state index in [1.165, 1.54) is 5.56 Å². The first kappa shape index (κ1) is 22.6. The molecule has 0 saturated heterocycles. The van der Waals surface area contributed by atoms with E-state index >= 15 is 0 Å². The molecule has 0 radical (unpaired) electrons. The number of benzene rings is 1. The Bertz CT molecular complexity index is 574. The monoisotopic (exact) mass is 377 g/mol. The molecule has 0 saturated carbocycles. The number of amides is 1. The summed E-state index contributed by atoms with van der Waals surface area (Å²) in [6.07, 6.45) is 2.13. The standard InChI is InChI=1S/C21H35N3OS/c1-7-24(8-2)15-9-10-16(3)22-20(26)23-19(25)17-11-13-18(14-12-17)21(4,5)6/h11-14,16H,7-10,15H2,1-6H3,(H2,22,23,25,26). The summed E-state index contributed by atoms with van der Waals surface area (Å²) in [7, 11) is 0. The van der Waals surface area contributed by atoms with Gasteiger partial charge in [-0.2, -0.15) is 0 Å². The zero-order chi connectivity index (χ0) is 19.7. The van der Waals surface area contributed by atoms with Gasteiger partial charge in [0, 0.05) is 11.6 Å². The third kappa shape index (κ3) is 7.83. The van der Waals surface area contributed by atoms with Crippen LogP contribution in [0.4, 0.5) is 0 Å². The molecule has 1 amide bonds. The van der Waals surface area contributed by atoms with E-state index in [1.807, 2.05) is 24.3 Å². The van der Waals surface area contributed by atoms with Gasteiger partial charge in [0.15, 0.2) is 5.11 Å². The zero-order valence-corrected chi connectivity index (χ0v) is 18.0. The molecule has 1 aromatic carbocycles. The Morgan fingerprint density at radius 3 is 2.23 bits per heavy atom. The van der Waals surface area contributed by atoms with Crippen molar-refractivity contribution in [1.29, 1.82) is 0 Å². The minimum absolute atomic E-state index is 0.0758. The van der Waals surface area contributed by atoms with E-state index in [2.05, 4.69) is 57.1 Å². The van der Waals surface area contributed by atoms with Gasteiger partial charge >= 0.3 is 0 Å². The van der Waals surface area contributed by atoms with E-state index < -0.39 is 0 Å². The fraction of sp³-hybridized carbons (Fsp3) is 0.619. The lowest BCUT2D eigenvalue weighted by Crippen LogP contribution is -2.43. The lowest BCUT2D eigenvalue weighted by molar-refractivity contribution is 0.0976. The number of hydrogen-bond acceptors (Lipinski definition) is 3. The van der Waals surface area contributed by atoms with Crippen LogP contribution in [0.5, 0.6) is 0 Å². The number of carbonyl (C=O) groups excluding carboxylic acids is 1. The summed E-state index contributed by atoms with van der Waals surface area (Å²) < 4.78 is 0. The van der Waals surface area contributed by atoms with Crippen molar-refractivity contribution in [2.45, 2.75) is 65.8 Å². The number of carbonyl (C=O) groups is 1. The summed E-state index contributed by atoms with van der Waals surface area (Å²) >= 11 is 5.29. The SMILES string of the molecule is CCN(CC)CCCC(C)NC(=S)NC(=O)c1ccc(C(C)(C)C)cc1. The molecule has 0 spiro atoms. The summed E-state index contributed by atoms with van der Waals surface area (Å²) in [5, 5.41) is 6.38. The van der Waals surface area contributed by atoms with Crippen molar-refractivity contribution >= 4 is 23.2 Å². The van der Waals surface area contributed by atoms with Crippen molar-refractivity contribution in [3.63, 3.8) is 0 Å². The number of nitrogens with one attached hydrogen (secondary N) is 2. The second kappa shape index (κ2) is 10.6. The number of rotatable bonds is 8. The van der Waals surface area contributed by atoms with Gasteiger partial charge in [-0.05, 0) is 74.7 Å². The van der Waals surface area contributed by atoms with Crippen LogP contribution in [0.3, 0.4) is 0 Å². The Kier molecular flexibility index (Phi) is 9.23. The fourth-order valence-electron chi connectivity index (χ4n) is 2.79. The molecule has 0 aliphatic rings. The van der Waals surface area contributed by atoms with Gasteiger partial charge in [0.25, 0.3) is 5.91 Å². The van der Waals surface area contributed by atoms with E-state index in [1.54, 1.807) is 0 Å². The maximum absolute atomic E-state index is 12.3. The molecule has 4 nitrogen and oxygen atoms in total. The van der Waals surface area contributed by atoms with Gasteiger partial charge in [-0.15, -0.1) is 0 Å². The van der Waals surface area contributed by atoms with E-state index in [4.69, 9.17) is 12.2 Å². The van der Waals surface area contributed by atoms with E-state index in [9.17, 15) is 4.79 Å². The molecule has 26 heavy (non-hydrogen) atoms. The van der Waals surface area contributed by atoms with E-state index in [-0.39, 0.29) is 17.4 Å². The van der Waals surface area contributed by atoms with Crippen molar-refractivity contribution in [2.24, 2.45) is 0 Å². The zero-order valence-electron chi connectivity index (χ0n) is 17.2. The highest BCUT2D eigenvalue weighted by atomic mass is 32.1. The second-order valence-corrected chi connectivity index (χ2v) is 8.23. The van der Waals surface area contributed by atoms with Gasteiger partial charge in [-0.3, -0.25) is 10.1 Å². The van der Waals surface area contributed by atoms with Gasteiger partial charge in [0.05, 0.1) is 0 Å². The topological polar surface area (TPSA) is 44.4 Å². The normalized spacial score (nSPS) is 12.7. The van der Waals surface area contributed by atoms with Crippen molar-refractivity contribution in [1.82, 2.24) is 15.5 Å². The molecule has 0 fully saturated rings. The van der Waals surface area contributed by atoms with Crippen molar-refractivity contribution in [2.75, 3.05) is 19.6 Å². The highest BCUT2D eigenvalue weighted by Gasteiger charge is 2.15. The molecule has 0 bridgehead atoms. The van der Waals surface area contributed by atoms with Crippen LogP contribution in [-0.4, -0.2) is 41.6 Å². The van der Waals surface area contributed by atoms with Gasteiger partial charge in [0.2, 0.25) is 0 Å². The maximum atomic E-state index is 12.3. The van der Waals surface area contributed by atoms with Gasteiger partial charge in [-0.1, -0.05) is 46.8 Å². The molecule has 0 aliphatic carbocycles. The van der Waals surface area contributed by atoms with Crippen LogP contribution >= 0.6 is 12.2 Å². The first-order valence-electron chi connectivity index (χ1n) is 9.62. The average Bonchev–Trinajstić information content (AvgIpc) is 2.58. The Labute approximate surface area is 164 Å². The molecule has 1 rings (SSSR count). The summed E-state index contributed by atoms with van der Waals surface area (Å²) in [4.78, 5) is 14.7. The fourth-order valence-corrected chi connectivity index (χ4v) is 3.08. The Balaban J connectivity index is 2.43. The third-order valence-electron chi connectivity index (χ3n) is 4.62. The van der Waals surface area contributed by atoms with Crippen LogP contribution in [0.25, 0.3) is 0 Å². The maximum Gasteiger partial charge on any atom is 0.257 e. The van der Waals surface area contributed by atoms with Crippen LogP contribution in [0.2, 0.25) is 0 Å². The predicted molar refractivity (Wildman–Crippen MR) is 115 cm³/mol. The minimum Gasteiger partial charge on any atom is -0.360 e. The quantitative estimate of drug-likeness (QED) is 0.670. The second-order valence-electron chi connectivity index (χ2n) is 7.83. The number of hydrogen-bond donors (Lipinski definition) is 2. The molecule has 1 atom stereocenters. The summed E-state index contributed by atoms with van der Waals surface area (Å²) in [5.74, 6) is -0.168. The summed E-state index contributed by atoms with van der Waals surface area (Å²) in [6.45, 7) is 16.2. The van der Waals surface area contributed by atoms with Crippen molar-refractivity contribution in [3.8, 4) is 0 Å². The molecule has 0 aromatic heterocycles. The lowest BCUT2D eigenvalue weighted by atomic mass is 9.87. The number of thiocarbonyl (C=S) groups is 1. The third-order valence-corrected chi connectivity index (χ3v) is 4.84. The van der Waals surface area contributed by atoms with Crippen LogP contribution in [0.15, 0.2) is 24.3 Å². The Morgan fingerprint density at radius 2 is 1.73 bits per heavy atom. The molecule has 0 aliphatic heterocycles. The predicted octanol–water partition coefficient (Wildman–Crippen LogP) is 4.10. The molecule has 5 heteroatoms. The average molecular weight is 378 g/mol. The highest BCUT2D eigenvalue weighted by molar-refractivity contribution is 7.80. The largest absolute Gasteiger partial charge is 0.360 e. The highest BCUT2D eigenvalue weighted by Crippen LogP contribution is 2.22. The minimum atomic E-state index is -0.168. The van der Waals surface area contributed by atoms with Gasteiger partial charge < -0.3 is 10.2 Å². The van der Waals surface area contributed by atoms with Crippen molar-refractivity contribution in [3.05, 3.63) is 35.4 Å². The molecule has 0 heterocycles. The first-order chi connectivity index (χ1) is 12.2. The number of nitrogens with zero attached hydrogens (tertiary/aromatic N) is 1. The molecular formula is C21H35N3OS. The van der Waals surface area contributed by atoms with Crippen LogP contribution in [0.1, 0.15) is 70.3 Å². The Hall–Kier alpha value is -1.46. The molecule has 146 valence electrons. The summed E-state index contributed by atoms with van der Waals surface area (Å²) in [6, 6.07) is 7.95.